The Morgan fingerprint density at radius 1 is 0.881 bits per heavy atom. The van der Waals surface area contributed by atoms with E-state index in [2.05, 4.69) is 25.3 Å². The number of hydrogen-bond donors (Lipinski definition) is 3. The summed E-state index contributed by atoms with van der Waals surface area (Å²) in [5.41, 5.74) is 7.18. The van der Waals surface area contributed by atoms with Gasteiger partial charge in [0.25, 0.3) is 0 Å². The second-order valence-corrected chi connectivity index (χ2v) is 10.3. The van der Waals surface area contributed by atoms with E-state index in [9.17, 15) is 18.0 Å². The van der Waals surface area contributed by atoms with Crippen molar-refractivity contribution in [1.82, 2.24) is 30.0 Å². The fourth-order valence-corrected chi connectivity index (χ4v) is 3.99. The topological polar surface area (TPSA) is 216 Å². The number of anilines is 2. The number of carboxylic acids is 1. The molecule has 0 saturated carbocycles. The lowest BCUT2D eigenvalue weighted by Gasteiger charge is -2.08. The third-order valence-electron chi connectivity index (χ3n) is 5.44. The summed E-state index contributed by atoms with van der Waals surface area (Å²) < 4.78 is 42.5. The molecule has 0 fully saturated rings. The number of carbonyl (C=O) groups is 2. The molecule has 0 aliphatic carbocycles. The van der Waals surface area contributed by atoms with Gasteiger partial charge >= 0.3 is 11.9 Å². The van der Waals surface area contributed by atoms with Crippen LogP contribution in [0.3, 0.4) is 0 Å². The molecule has 2 heterocycles. The third kappa shape index (κ3) is 8.40. The van der Waals surface area contributed by atoms with Crippen LogP contribution in [0.2, 0.25) is 0 Å². The number of nitrogen functional groups attached to an aromatic ring is 1. The number of sulfonamides is 1. The van der Waals surface area contributed by atoms with Crippen molar-refractivity contribution in [2.24, 2.45) is 0 Å². The van der Waals surface area contributed by atoms with Gasteiger partial charge in [0.1, 0.15) is 11.5 Å². The smallest absolute Gasteiger partial charge is 0.362 e. The zero-order chi connectivity index (χ0) is 30.9. The van der Waals surface area contributed by atoms with Crippen molar-refractivity contribution >= 4 is 33.6 Å². The number of nitrogens with two attached hydrogens (primary N) is 1. The Labute approximate surface area is 241 Å². The number of benzene rings is 2. The maximum atomic E-state index is 11.6. The summed E-state index contributed by atoms with van der Waals surface area (Å²) in [5.74, 6) is -0.487. The molecular formula is C25H30N8O8S. The molecule has 0 spiro atoms. The van der Waals surface area contributed by atoms with Crippen molar-refractivity contribution in [2.45, 2.75) is 20.0 Å². The number of methoxy groups -OCH3 is 2. The molecule has 0 saturated heterocycles. The van der Waals surface area contributed by atoms with E-state index in [-0.39, 0.29) is 30.5 Å². The Balaban J connectivity index is 0.000000231. The molecule has 0 radical (unpaired) electrons. The van der Waals surface area contributed by atoms with Gasteiger partial charge in [-0.1, -0.05) is 34.7 Å². The van der Waals surface area contributed by atoms with Gasteiger partial charge in [-0.2, -0.15) is 0 Å². The van der Waals surface area contributed by atoms with Crippen LogP contribution in [0.1, 0.15) is 39.0 Å². The number of aromatic carboxylic acids is 1. The van der Waals surface area contributed by atoms with E-state index in [1.54, 1.807) is 45.4 Å². The molecule has 224 valence electrons. The van der Waals surface area contributed by atoms with Gasteiger partial charge in [0.15, 0.2) is 11.6 Å². The summed E-state index contributed by atoms with van der Waals surface area (Å²) in [7, 11) is -0.514. The third-order valence-corrected chi connectivity index (χ3v) is 6.01. The predicted octanol–water partition coefficient (Wildman–Crippen LogP) is 1.50. The second-order valence-electron chi connectivity index (χ2n) is 8.52. The number of aromatic nitrogens is 6. The van der Waals surface area contributed by atoms with Crippen LogP contribution in [0.15, 0.2) is 48.5 Å². The zero-order valence-corrected chi connectivity index (χ0v) is 24.0. The van der Waals surface area contributed by atoms with E-state index in [1.165, 1.54) is 9.36 Å². The van der Waals surface area contributed by atoms with Crippen molar-refractivity contribution in [3.8, 4) is 11.5 Å². The second kappa shape index (κ2) is 13.9. The Hall–Kier alpha value is -5.19. The molecule has 2 aromatic heterocycles. The monoisotopic (exact) mass is 602 g/mol. The van der Waals surface area contributed by atoms with E-state index in [0.717, 1.165) is 23.1 Å². The number of nitrogens with zero attached hydrogens (tertiary/aromatic N) is 6. The Morgan fingerprint density at radius 3 is 1.81 bits per heavy atom. The highest BCUT2D eigenvalue weighted by molar-refractivity contribution is 7.92. The quantitative estimate of drug-likeness (QED) is 0.208. The average Bonchev–Trinajstić information content (AvgIpc) is 3.51. The Kier molecular flexibility index (Phi) is 10.4. The van der Waals surface area contributed by atoms with E-state index in [4.69, 9.17) is 25.1 Å². The molecule has 4 aromatic rings. The maximum absolute atomic E-state index is 11.6. The normalized spacial score (nSPS) is 10.8. The predicted molar refractivity (Wildman–Crippen MR) is 150 cm³/mol. The van der Waals surface area contributed by atoms with Gasteiger partial charge in [0, 0.05) is 0 Å². The Morgan fingerprint density at radius 2 is 1.36 bits per heavy atom. The number of carbonyl (C=O) groups excluding carboxylic acids is 1. The number of nitrogens with one attached hydrogen (secondary N) is 1. The van der Waals surface area contributed by atoms with Crippen molar-refractivity contribution in [3.05, 3.63) is 71.0 Å². The van der Waals surface area contributed by atoms with Crippen molar-refractivity contribution in [3.63, 3.8) is 0 Å². The van der Waals surface area contributed by atoms with Gasteiger partial charge in [-0.05, 0) is 42.3 Å². The molecule has 17 heteroatoms. The lowest BCUT2D eigenvalue weighted by atomic mass is 10.2. The van der Waals surface area contributed by atoms with E-state index < -0.39 is 27.7 Å². The van der Waals surface area contributed by atoms with Crippen LogP contribution >= 0.6 is 0 Å². The van der Waals surface area contributed by atoms with Crippen LogP contribution in [0.5, 0.6) is 11.5 Å². The largest absolute Gasteiger partial charge is 0.497 e. The van der Waals surface area contributed by atoms with Crippen LogP contribution in [-0.2, 0) is 27.8 Å². The van der Waals surface area contributed by atoms with Crippen molar-refractivity contribution in [1.29, 1.82) is 0 Å². The van der Waals surface area contributed by atoms with Crippen molar-refractivity contribution in [2.75, 3.05) is 37.5 Å². The van der Waals surface area contributed by atoms with E-state index in [1.807, 2.05) is 24.3 Å². The van der Waals surface area contributed by atoms with Gasteiger partial charge in [-0.15, -0.1) is 10.2 Å². The summed E-state index contributed by atoms with van der Waals surface area (Å²) in [6.07, 6.45) is 0.920. The summed E-state index contributed by atoms with van der Waals surface area (Å²) >= 11 is 0. The first-order chi connectivity index (χ1) is 19.9. The minimum absolute atomic E-state index is 0.0420. The highest BCUT2D eigenvalue weighted by atomic mass is 32.2. The fourth-order valence-electron chi connectivity index (χ4n) is 3.43. The fraction of sp³-hybridized carbons (Fsp3) is 0.280. The first-order valence-electron chi connectivity index (χ1n) is 12.2. The van der Waals surface area contributed by atoms with E-state index >= 15 is 0 Å². The van der Waals surface area contributed by atoms with Crippen molar-refractivity contribution < 1.29 is 37.3 Å². The summed E-state index contributed by atoms with van der Waals surface area (Å²) in [6.45, 7) is 2.56. The van der Waals surface area contributed by atoms with Gasteiger partial charge in [0.2, 0.25) is 21.4 Å². The molecule has 0 bridgehead atoms. The van der Waals surface area contributed by atoms with Gasteiger partial charge in [0.05, 0.1) is 40.2 Å². The van der Waals surface area contributed by atoms with Gasteiger partial charge in [-0.25, -0.2) is 27.4 Å². The maximum Gasteiger partial charge on any atom is 0.362 e. The molecule has 0 aliphatic heterocycles. The van der Waals surface area contributed by atoms with E-state index in [0.29, 0.717) is 12.3 Å². The first-order valence-corrected chi connectivity index (χ1v) is 14.1. The molecule has 0 amide bonds. The lowest BCUT2D eigenvalue weighted by Crippen LogP contribution is -2.17. The summed E-state index contributed by atoms with van der Waals surface area (Å²) in [4.78, 5) is 22.7. The zero-order valence-electron chi connectivity index (χ0n) is 23.2. The van der Waals surface area contributed by atoms with Gasteiger partial charge < -0.3 is 25.1 Å². The van der Waals surface area contributed by atoms with Gasteiger partial charge in [-0.3, -0.25) is 4.72 Å². The lowest BCUT2D eigenvalue weighted by molar-refractivity contribution is 0.0520. The number of carboxylic acid groups (broad SMARTS) is 1. The van der Waals surface area contributed by atoms with Crippen LogP contribution in [0, 0.1) is 0 Å². The summed E-state index contributed by atoms with van der Waals surface area (Å²) in [6, 6.07) is 14.4. The SMILES string of the molecule is CCOC(=O)c1nnn(Cc2ccc(OC)cc2)c1N.COc1ccc(Cn2nnc(C(=O)O)c2NS(C)(=O)=O)cc1. The molecule has 42 heavy (non-hydrogen) atoms. The molecule has 0 aliphatic rings. The number of esters is 1. The molecule has 2 aromatic carbocycles. The number of hydrogen-bond acceptors (Lipinski definition) is 12. The van der Waals surface area contributed by atoms with Crippen LogP contribution in [0.4, 0.5) is 11.6 Å². The molecule has 0 unspecified atom stereocenters. The highest BCUT2D eigenvalue weighted by Crippen LogP contribution is 2.18. The minimum atomic E-state index is -3.66. The molecule has 0 atom stereocenters. The first kappa shape index (κ1) is 31.3. The van der Waals surface area contributed by atoms with Crippen LogP contribution in [0.25, 0.3) is 0 Å². The number of ether oxygens (including phenoxy) is 3. The Bertz CT molecular complexity index is 1620. The molecule has 4 N–H and O–H groups in total. The van der Waals surface area contributed by atoms with Crippen LogP contribution in [-0.4, -0.2) is 82.5 Å². The molecule has 4 rings (SSSR count). The summed E-state index contributed by atoms with van der Waals surface area (Å²) in [5, 5.41) is 23.8. The molecule has 16 nitrogen and oxygen atoms in total. The molecular weight excluding hydrogens is 572 g/mol. The highest BCUT2D eigenvalue weighted by Gasteiger charge is 2.22. The standard InChI is InChI=1S/C13H16N4O3.C12H14N4O5S/c1-3-20-13(18)11-12(14)17(16-15-11)8-9-4-6-10(19-2)7-5-9;1-21-9-5-3-8(4-6-9)7-16-11(14-22(2,19)20)10(12(17)18)13-15-16/h4-7H,3,8,14H2,1-2H3;3-6,14H,7H2,1-2H3,(H,17,18). The average molecular weight is 603 g/mol. The number of rotatable bonds is 11. The van der Waals surface area contributed by atoms with Crippen LogP contribution < -0.4 is 19.9 Å². The minimum Gasteiger partial charge on any atom is -0.497 e.